The van der Waals surface area contributed by atoms with E-state index in [9.17, 15) is 5.11 Å². The lowest BCUT2D eigenvalue weighted by atomic mass is 10.1. The van der Waals surface area contributed by atoms with Crippen molar-refractivity contribution < 1.29 is 5.11 Å². The number of aromatic nitrogens is 2. The van der Waals surface area contributed by atoms with Crippen LogP contribution in [0.5, 0.6) is 0 Å². The minimum atomic E-state index is -0.0631. The quantitative estimate of drug-likeness (QED) is 0.922. The average Bonchev–Trinajstić information content (AvgIpc) is 2.74. The predicted octanol–water partition coefficient (Wildman–Crippen LogP) is 2.20. The number of aryl methyl sites for hydroxylation is 1. The molecule has 0 aliphatic heterocycles. The summed E-state index contributed by atoms with van der Waals surface area (Å²) in [5, 5.41) is 14.1. The zero-order valence-electron chi connectivity index (χ0n) is 10.5. The first-order valence-corrected chi connectivity index (χ1v) is 6.06. The fourth-order valence-electron chi connectivity index (χ4n) is 1.97. The molecule has 0 bridgehead atoms. The zero-order valence-corrected chi connectivity index (χ0v) is 11.2. The average molecular weight is 266 g/mol. The van der Waals surface area contributed by atoms with Gasteiger partial charge < -0.3 is 10.0 Å². The Hall–Kier alpha value is -1.52. The number of hydrogen-bond acceptors (Lipinski definition) is 3. The third-order valence-corrected chi connectivity index (χ3v) is 3.20. The lowest BCUT2D eigenvalue weighted by Crippen LogP contribution is -2.17. The summed E-state index contributed by atoms with van der Waals surface area (Å²) in [5.74, 6) is 0. The first-order valence-electron chi connectivity index (χ1n) is 5.68. The topological polar surface area (TPSA) is 41.3 Å². The molecule has 1 aromatic heterocycles. The molecule has 4 nitrogen and oxygen atoms in total. The van der Waals surface area contributed by atoms with Crippen LogP contribution in [0.4, 0.5) is 5.69 Å². The molecule has 96 valence electrons. The third kappa shape index (κ3) is 2.66. The number of aliphatic hydroxyl groups excluding tert-OH is 1. The smallest absolute Gasteiger partial charge is 0.0716 e. The lowest BCUT2D eigenvalue weighted by molar-refractivity contribution is 0.282. The highest BCUT2D eigenvalue weighted by atomic mass is 35.5. The van der Waals surface area contributed by atoms with Crippen LogP contribution in [-0.2, 0) is 20.2 Å². The van der Waals surface area contributed by atoms with E-state index in [1.54, 1.807) is 10.7 Å². The van der Waals surface area contributed by atoms with Crippen molar-refractivity contribution >= 4 is 17.3 Å². The Balaban J connectivity index is 2.23. The molecule has 0 unspecified atom stereocenters. The number of nitrogens with zero attached hydrogens (tertiary/aromatic N) is 3. The minimum Gasteiger partial charge on any atom is -0.392 e. The highest BCUT2D eigenvalue weighted by molar-refractivity contribution is 6.31. The van der Waals surface area contributed by atoms with Gasteiger partial charge in [0.05, 0.1) is 12.8 Å². The number of aliphatic hydroxyl groups is 1. The van der Waals surface area contributed by atoms with Crippen LogP contribution in [0.2, 0.25) is 5.02 Å². The predicted molar refractivity (Wildman–Crippen MR) is 72.7 cm³/mol. The van der Waals surface area contributed by atoms with Gasteiger partial charge in [0.1, 0.15) is 0 Å². The van der Waals surface area contributed by atoms with Crippen LogP contribution in [0.1, 0.15) is 11.1 Å². The van der Waals surface area contributed by atoms with Crippen LogP contribution in [0.15, 0.2) is 30.6 Å². The third-order valence-electron chi connectivity index (χ3n) is 2.84. The molecule has 1 aromatic carbocycles. The minimum absolute atomic E-state index is 0.0631. The van der Waals surface area contributed by atoms with Crippen molar-refractivity contribution in [2.75, 3.05) is 11.9 Å². The Morgan fingerprint density at radius 2 is 2.22 bits per heavy atom. The summed E-state index contributed by atoms with van der Waals surface area (Å²) in [6, 6.07) is 5.62. The normalized spacial score (nSPS) is 10.7. The summed E-state index contributed by atoms with van der Waals surface area (Å²) in [4.78, 5) is 2.05. The van der Waals surface area contributed by atoms with Gasteiger partial charge in [0.25, 0.3) is 0 Å². The summed E-state index contributed by atoms with van der Waals surface area (Å²) in [7, 11) is 3.86. The Morgan fingerprint density at radius 1 is 1.44 bits per heavy atom. The Bertz CT molecular complexity index is 539. The van der Waals surface area contributed by atoms with Crippen LogP contribution in [0, 0.1) is 0 Å². The van der Waals surface area contributed by atoms with E-state index in [2.05, 4.69) is 10.00 Å². The van der Waals surface area contributed by atoms with Gasteiger partial charge in [-0.1, -0.05) is 17.7 Å². The molecule has 0 aliphatic rings. The SMILES string of the molecule is CN(Cc1cnn(C)c1)c1cccc(Cl)c1CO. The second-order valence-electron chi connectivity index (χ2n) is 4.27. The zero-order chi connectivity index (χ0) is 13.1. The van der Waals surface area contributed by atoms with Gasteiger partial charge in [-0.05, 0) is 12.1 Å². The molecule has 0 radical (unpaired) electrons. The maximum absolute atomic E-state index is 9.39. The Kier molecular flexibility index (Phi) is 3.89. The van der Waals surface area contributed by atoms with E-state index in [1.165, 1.54) is 0 Å². The molecule has 0 amide bonds. The lowest BCUT2D eigenvalue weighted by Gasteiger charge is -2.22. The molecule has 5 heteroatoms. The summed E-state index contributed by atoms with van der Waals surface area (Å²) in [5.41, 5.74) is 2.81. The first kappa shape index (κ1) is 12.9. The summed E-state index contributed by atoms with van der Waals surface area (Å²) in [6.07, 6.45) is 3.80. The molecule has 2 rings (SSSR count). The molecule has 1 heterocycles. The van der Waals surface area contributed by atoms with E-state index in [0.29, 0.717) is 5.02 Å². The molecular weight excluding hydrogens is 250 g/mol. The second-order valence-corrected chi connectivity index (χ2v) is 4.68. The largest absolute Gasteiger partial charge is 0.392 e. The van der Waals surface area contributed by atoms with E-state index in [4.69, 9.17) is 11.6 Å². The molecule has 1 N–H and O–H groups in total. The van der Waals surface area contributed by atoms with Gasteiger partial charge in [-0.3, -0.25) is 4.68 Å². The second kappa shape index (κ2) is 5.42. The molecule has 18 heavy (non-hydrogen) atoms. The maximum atomic E-state index is 9.39. The molecular formula is C13H16ClN3O. The van der Waals surface area contributed by atoms with Gasteiger partial charge in [-0.25, -0.2) is 0 Å². The molecule has 0 saturated carbocycles. The van der Waals surface area contributed by atoms with Crippen LogP contribution in [0.25, 0.3) is 0 Å². The summed E-state index contributed by atoms with van der Waals surface area (Å²) in [6.45, 7) is 0.660. The number of halogens is 1. The van der Waals surface area contributed by atoms with Crippen molar-refractivity contribution in [1.29, 1.82) is 0 Å². The van der Waals surface area contributed by atoms with Crippen LogP contribution in [-0.4, -0.2) is 21.9 Å². The van der Waals surface area contributed by atoms with Gasteiger partial charge in [0.15, 0.2) is 0 Å². The monoisotopic (exact) mass is 265 g/mol. The Morgan fingerprint density at radius 3 is 2.83 bits per heavy atom. The number of benzene rings is 1. The van der Waals surface area contributed by atoms with E-state index >= 15 is 0 Å². The summed E-state index contributed by atoms with van der Waals surface area (Å²) >= 11 is 6.08. The number of rotatable bonds is 4. The van der Waals surface area contributed by atoms with Gasteiger partial charge in [0.2, 0.25) is 0 Å². The standard InChI is InChI=1S/C13H16ClN3O/c1-16(7-10-6-15-17(2)8-10)13-5-3-4-12(14)11(13)9-18/h3-6,8,18H,7,9H2,1-2H3. The first-order chi connectivity index (χ1) is 8.61. The maximum Gasteiger partial charge on any atom is 0.0716 e. The van der Waals surface area contributed by atoms with E-state index < -0.39 is 0 Å². The number of hydrogen-bond donors (Lipinski definition) is 1. The van der Waals surface area contributed by atoms with Crippen molar-refractivity contribution in [1.82, 2.24) is 9.78 Å². The summed E-state index contributed by atoms with van der Waals surface area (Å²) < 4.78 is 1.77. The molecule has 0 atom stereocenters. The highest BCUT2D eigenvalue weighted by Crippen LogP contribution is 2.27. The molecule has 0 spiro atoms. The van der Waals surface area contributed by atoms with Gasteiger partial charge in [-0.2, -0.15) is 5.10 Å². The van der Waals surface area contributed by atoms with Gasteiger partial charge in [-0.15, -0.1) is 0 Å². The van der Waals surface area contributed by atoms with Gasteiger partial charge >= 0.3 is 0 Å². The molecule has 0 aliphatic carbocycles. The van der Waals surface area contributed by atoms with Crippen LogP contribution < -0.4 is 4.90 Å². The Labute approximate surface area is 111 Å². The van der Waals surface area contributed by atoms with Gasteiger partial charge in [0, 0.05) is 48.7 Å². The molecule has 2 aromatic rings. The van der Waals surface area contributed by atoms with Crippen molar-refractivity contribution in [3.63, 3.8) is 0 Å². The fraction of sp³-hybridized carbons (Fsp3) is 0.308. The van der Waals surface area contributed by atoms with Crippen molar-refractivity contribution in [2.45, 2.75) is 13.2 Å². The molecule has 0 saturated heterocycles. The van der Waals surface area contributed by atoms with Crippen LogP contribution >= 0.6 is 11.6 Å². The van der Waals surface area contributed by atoms with Crippen molar-refractivity contribution in [3.8, 4) is 0 Å². The van der Waals surface area contributed by atoms with Crippen molar-refractivity contribution in [2.24, 2.45) is 7.05 Å². The van der Waals surface area contributed by atoms with E-state index in [1.807, 2.05) is 38.6 Å². The van der Waals surface area contributed by atoms with Crippen molar-refractivity contribution in [3.05, 3.63) is 46.7 Å². The van der Waals surface area contributed by atoms with Crippen LogP contribution in [0.3, 0.4) is 0 Å². The fourth-order valence-corrected chi connectivity index (χ4v) is 2.20. The molecule has 0 fully saturated rings. The highest BCUT2D eigenvalue weighted by Gasteiger charge is 2.11. The van der Waals surface area contributed by atoms with E-state index in [-0.39, 0.29) is 6.61 Å². The van der Waals surface area contributed by atoms with E-state index in [0.717, 1.165) is 23.4 Å². The number of anilines is 1.